The maximum Gasteiger partial charge on any atom is 0.261 e. The number of nitrogens with one attached hydrogen (secondary N) is 1. The van der Waals surface area contributed by atoms with Gasteiger partial charge in [0.05, 0.1) is 23.9 Å². The Kier molecular flexibility index (Phi) is 3.94. The van der Waals surface area contributed by atoms with E-state index in [0.29, 0.717) is 17.7 Å². The zero-order chi connectivity index (χ0) is 16.5. The summed E-state index contributed by atoms with van der Waals surface area (Å²) in [6.07, 6.45) is 5.41. The number of nitrogens with zero attached hydrogens (tertiary/aromatic N) is 1. The second kappa shape index (κ2) is 6.24. The highest BCUT2D eigenvalue weighted by molar-refractivity contribution is 6.21. The van der Waals surface area contributed by atoms with Gasteiger partial charge in [0.2, 0.25) is 0 Å². The molecule has 5 nitrogen and oxygen atoms in total. The van der Waals surface area contributed by atoms with E-state index in [1.165, 1.54) is 4.90 Å². The van der Waals surface area contributed by atoms with E-state index in [1.54, 1.807) is 18.4 Å². The van der Waals surface area contributed by atoms with Crippen LogP contribution >= 0.6 is 0 Å². The normalized spacial score (nSPS) is 23.6. The van der Waals surface area contributed by atoms with E-state index < -0.39 is 0 Å². The van der Waals surface area contributed by atoms with E-state index in [0.717, 1.165) is 31.4 Å². The van der Waals surface area contributed by atoms with Crippen molar-refractivity contribution in [2.75, 3.05) is 0 Å². The Bertz CT molecular complexity index is 719. The molecule has 0 bridgehead atoms. The van der Waals surface area contributed by atoms with Gasteiger partial charge < -0.3 is 9.73 Å². The summed E-state index contributed by atoms with van der Waals surface area (Å²) in [6.45, 7) is 0.673. The molecule has 1 aliphatic heterocycles. The lowest BCUT2D eigenvalue weighted by atomic mass is 9.90. The predicted molar refractivity (Wildman–Crippen MR) is 88.5 cm³/mol. The highest BCUT2D eigenvalue weighted by atomic mass is 16.3. The van der Waals surface area contributed by atoms with Crippen molar-refractivity contribution in [3.05, 3.63) is 59.5 Å². The first kappa shape index (κ1) is 15.1. The Morgan fingerprint density at radius 2 is 1.79 bits per heavy atom. The molecule has 4 rings (SSSR count). The van der Waals surface area contributed by atoms with E-state index in [1.807, 2.05) is 24.3 Å². The third-order valence-electron chi connectivity index (χ3n) is 4.98. The van der Waals surface area contributed by atoms with Crippen LogP contribution in [0.3, 0.4) is 0 Å². The third kappa shape index (κ3) is 2.65. The van der Waals surface area contributed by atoms with Gasteiger partial charge in [-0.25, -0.2) is 0 Å². The largest absolute Gasteiger partial charge is 0.468 e. The number of carbonyl (C=O) groups is 2. The lowest BCUT2D eigenvalue weighted by Gasteiger charge is -2.34. The maximum absolute atomic E-state index is 12.6. The van der Waals surface area contributed by atoms with Crippen LogP contribution in [0.5, 0.6) is 0 Å². The summed E-state index contributed by atoms with van der Waals surface area (Å²) < 4.78 is 5.35. The number of hydrogen-bond acceptors (Lipinski definition) is 4. The van der Waals surface area contributed by atoms with Crippen molar-refractivity contribution in [2.24, 2.45) is 0 Å². The van der Waals surface area contributed by atoms with E-state index in [9.17, 15) is 9.59 Å². The Balaban J connectivity index is 1.45. The van der Waals surface area contributed by atoms with Gasteiger partial charge in [0.15, 0.2) is 0 Å². The van der Waals surface area contributed by atoms with Crippen molar-refractivity contribution in [3.63, 3.8) is 0 Å². The third-order valence-corrected chi connectivity index (χ3v) is 4.98. The van der Waals surface area contributed by atoms with Crippen LogP contribution in [0.1, 0.15) is 52.2 Å². The van der Waals surface area contributed by atoms with Crippen LogP contribution in [-0.4, -0.2) is 28.8 Å². The molecule has 0 unspecified atom stereocenters. The van der Waals surface area contributed by atoms with E-state index in [2.05, 4.69) is 5.32 Å². The van der Waals surface area contributed by atoms with Crippen molar-refractivity contribution in [3.8, 4) is 0 Å². The second-order valence-corrected chi connectivity index (χ2v) is 6.50. The van der Waals surface area contributed by atoms with Gasteiger partial charge in [0.1, 0.15) is 5.76 Å². The molecule has 24 heavy (non-hydrogen) atoms. The number of furan rings is 1. The number of imide groups is 1. The molecular weight excluding hydrogens is 304 g/mol. The van der Waals surface area contributed by atoms with Crippen molar-refractivity contribution in [1.82, 2.24) is 10.2 Å². The second-order valence-electron chi connectivity index (χ2n) is 6.50. The van der Waals surface area contributed by atoms with E-state index >= 15 is 0 Å². The minimum absolute atomic E-state index is 0.0275. The fraction of sp³-hybridized carbons (Fsp3) is 0.368. The maximum atomic E-state index is 12.6. The minimum Gasteiger partial charge on any atom is -0.468 e. The first-order valence-corrected chi connectivity index (χ1v) is 8.46. The highest BCUT2D eigenvalue weighted by Crippen LogP contribution is 2.31. The number of amides is 2. The molecule has 2 aliphatic rings. The van der Waals surface area contributed by atoms with Gasteiger partial charge in [-0.15, -0.1) is 0 Å². The van der Waals surface area contributed by atoms with Gasteiger partial charge in [-0.3, -0.25) is 14.5 Å². The molecule has 2 amide bonds. The molecule has 2 aromatic rings. The summed E-state index contributed by atoms with van der Waals surface area (Å²) in [5, 5.41) is 3.49. The molecule has 1 aromatic heterocycles. The molecule has 0 saturated heterocycles. The summed E-state index contributed by atoms with van der Waals surface area (Å²) in [4.78, 5) is 26.7. The van der Waals surface area contributed by atoms with Gasteiger partial charge in [0, 0.05) is 12.1 Å². The molecule has 2 atom stereocenters. The lowest BCUT2D eigenvalue weighted by Crippen LogP contribution is -2.46. The van der Waals surface area contributed by atoms with Crippen molar-refractivity contribution < 1.29 is 14.0 Å². The Morgan fingerprint density at radius 1 is 1.04 bits per heavy atom. The van der Waals surface area contributed by atoms with Crippen LogP contribution in [0.2, 0.25) is 0 Å². The Labute approximate surface area is 140 Å². The van der Waals surface area contributed by atoms with Crippen molar-refractivity contribution >= 4 is 11.8 Å². The fourth-order valence-electron chi connectivity index (χ4n) is 3.78. The topological polar surface area (TPSA) is 62.6 Å². The standard InChI is InChI=1S/C19H20N2O3/c22-18-16-8-1-2-9-17(16)19(23)21(18)14-6-3-5-13(11-14)20-12-15-7-4-10-24-15/h1-2,4,7-10,13-14,20H,3,5-6,11-12H2/t13-,14-/m1/s1. The van der Waals surface area contributed by atoms with E-state index in [-0.39, 0.29) is 23.9 Å². The Morgan fingerprint density at radius 3 is 2.46 bits per heavy atom. The minimum atomic E-state index is -0.146. The number of carbonyl (C=O) groups excluding carboxylic acids is 2. The summed E-state index contributed by atoms with van der Waals surface area (Å²) >= 11 is 0. The van der Waals surface area contributed by atoms with Crippen LogP contribution in [0.25, 0.3) is 0 Å². The Hall–Kier alpha value is -2.40. The molecule has 0 radical (unpaired) electrons. The van der Waals surface area contributed by atoms with Gasteiger partial charge in [-0.05, 0) is 49.9 Å². The quantitative estimate of drug-likeness (QED) is 0.878. The zero-order valence-electron chi connectivity index (χ0n) is 13.4. The SMILES string of the molecule is O=C1c2ccccc2C(=O)N1[C@@H]1CCC[C@@H](NCc2ccco2)C1. The van der Waals surface area contributed by atoms with Gasteiger partial charge in [-0.2, -0.15) is 0 Å². The van der Waals surface area contributed by atoms with Crippen molar-refractivity contribution in [1.29, 1.82) is 0 Å². The molecular formula is C19H20N2O3. The molecule has 1 N–H and O–H groups in total. The first-order valence-electron chi connectivity index (χ1n) is 8.46. The number of fused-ring (bicyclic) bond motifs is 1. The molecule has 1 aromatic carbocycles. The lowest BCUT2D eigenvalue weighted by molar-refractivity contribution is 0.0533. The van der Waals surface area contributed by atoms with Gasteiger partial charge in [-0.1, -0.05) is 12.1 Å². The van der Waals surface area contributed by atoms with Crippen molar-refractivity contribution in [2.45, 2.75) is 44.3 Å². The number of rotatable bonds is 4. The fourth-order valence-corrected chi connectivity index (χ4v) is 3.78. The van der Waals surface area contributed by atoms with Gasteiger partial charge >= 0.3 is 0 Å². The van der Waals surface area contributed by atoms with Crippen LogP contribution in [0.4, 0.5) is 0 Å². The summed E-state index contributed by atoms with van der Waals surface area (Å²) in [6, 6.07) is 11.2. The van der Waals surface area contributed by atoms with E-state index in [4.69, 9.17) is 4.42 Å². The summed E-state index contributed by atoms with van der Waals surface area (Å²) in [7, 11) is 0. The summed E-state index contributed by atoms with van der Waals surface area (Å²) in [5.41, 5.74) is 1.07. The number of benzene rings is 1. The smallest absolute Gasteiger partial charge is 0.261 e. The average Bonchev–Trinajstić information content (AvgIpc) is 3.21. The predicted octanol–water partition coefficient (Wildman–Crippen LogP) is 2.98. The molecule has 124 valence electrons. The molecule has 2 heterocycles. The zero-order valence-corrected chi connectivity index (χ0v) is 13.4. The highest BCUT2D eigenvalue weighted by Gasteiger charge is 2.41. The first-order chi connectivity index (χ1) is 11.7. The average molecular weight is 324 g/mol. The molecule has 5 heteroatoms. The molecule has 1 aliphatic carbocycles. The van der Waals surface area contributed by atoms with Crippen LogP contribution in [-0.2, 0) is 6.54 Å². The molecule has 0 spiro atoms. The van der Waals surface area contributed by atoms with Gasteiger partial charge in [0.25, 0.3) is 11.8 Å². The molecule has 1 fully saturated rings. The number of hydrogen-bond donors (Lipinski definition) is 1. The molecule has 1 saturated carbocycles. The monoisotopic (exact) mass is 324 g/mol. The van der Waals surface area contributed by atoms with Crippen LogP contribution in [0.15, 0.2) is 47.1 Å². The van der Waals surface area contributed by atoms with Crippen LogP contribution in [0, 0.1) is 0 Å². The van der Waals surface area contributed by atoms with Crippen LogP contribution < -0.4 is 5.32 Å². The summed E-state index contributed by atoms with van der Waals surface area (Å²) in [5.74, 6) is 0.609.